The highest BCUT2D eigenvalue weighted by Gasteiger charge is 2.23. The van der Waals surface area contributed by atoms with Crippen LogP contribution in [0.5, 0.6) is 5.75 Å². The van der Waals surface area contributed by atoms with Crippen molar-refractivity contribution in [2.45, 2.75) is 25.5 Å². The lowest BCUT2D eigenvalue weighted by Crippen LogP contribution is -2.21. The highest BCUT2D eigenvalue weighted by Crippen LogP contribution is 2.37. The Morgan fingerprint density at radius 2 is 2.30 bits per heavy atom. The molecule has 0 aliphatic carbocycles. The summed E-state index contributed by atoms with van der Waals surface area (Å²) in [6.07, 6.45) is -1.49. The van der Waals surface area contributed by atoms with Crippen LogP contribution in [0.25, 0.3) is 0 Å². The van der Waals surface area contributed by atoms with Gasteiger partial charge in [0.05, 0.1) is 18.4 Å². The van der Waals surface area contributed by atoms with Crippen molar-refractivity contribution >= 4 is 11.6 Å². The number of aliphatic hydroxyl groups is 1. The van der Waals surface area contributed by atoms with Gasteiger partial charge in [-0.25, -0.2) is 8.78 Å². The molecule has 122 valence electrons. The van der Waals surface area contributed by atoms with E-state index in [-0.39, 0.29) is 5.69 Å². The summed E-state index contributed by atoms with van der Waals surface area (Å²) in [5.41, 5.74) is 1.01. The summed E-state index contributed by atoms with van der Waals surface area (Å²) in [5, 5.41) is 16.3. The van der Waals surface area contributed by atoms with Gasteiger partial charge in [0.2, 0.25) is 0 Å². The van der Waals surface area contributed by atoms with E-state index in [2.05, 4.69) is 10.4 Å². The normalized spacial score (nSPS) is 16.8. The number of ether oxygens (including phenoxy) is 1. The molecule has 1 aliphatic rings. The summed E-state index contributed by atoms with van der Waals surface area (Å²) >= 11 is 0. The summed E-state index contributed by atoms with van der Waals surface area (Å²) in [6.45, 7) is -0.317. The first-order valence-electron chi connectivity index (χ1n) is 7.11. The van der Waals surface area contributed by atoms with Crippen molar-refractivity contribution in [2.75, 3.05) is 11.9 Å². The largest absolute Gasteiger partial charge is 0.491 e. The third-order valence-electron chi connectivity index (χ3n) is 3.55. The zero-order valence-electron chi connectivity index (χ0n) is 12.1. The molecule has 0 unspecified atom stereocenters. The molecule has 1 atom stereocenters. The second-order valence-electron chi connectivity index (χ2n) is 5.12. The lowest BCUT2D eigenvalue weighted by molar-refractivity contribution is 0.0984. The number of hydrogen-bond donors (Lipinski definition) is 2. The Labute approximate surface area is 130 Å². The molecular formula is C15H15F2N3O3. The zero-order valence-corrected chi connectivity index (χ0v) is 12.1. The molecule has 1 amide bonds. The van der Waals surface area contributed by atoms with E-state index < -0.39 is 25.0 Å². The number of nitrogens with zero attached hydrogens (tertiary/aromatic N) is 2. The van der Waals surface area contributed by atoms with Crippen molar-refractivity contribution in [3.8, 4) is 5.75 Å². The number of alkyl halides is 2. The minimum absolute atomic E-state index is 0.0271. The summed E-state index contributed by atoms with van der Waals surface area (Å²) in [5.74, 6) is -0.167. The number of nitrogens with one attached hydrogen (secondary N) is 1. The number of amides is 1. The first kappa shape index (κ1) is 15.4. The Bertz CT molecular complexity index is 718. The summed E-state index contributed by atoms with van der Waals surface area (Å²) < 4.78 is 31.5. The second-order valence-corrected chi connectivity index (χ2v) is 5.12. The van der Waals surface area contributed by atoms with Crippen molar-refractivity contribution in [2.24, 2.45) is 0 Å². The van der Waals surface area contributed by atoms with Crippen LogP contribution in [0, 0.1) is 0 Å². The van der Waals surface area contributed by atoms with Crippen LogP contribution in [0.4, 0.5) is 14.5 Å². The molecule has 1 aromatic heterocycles. The van der Waals surface area contributed by atoms with Crippen LogP contribution in [-0.4, -0.2) is 33.8 Å². The predicted molar refractivity (Wildman–Crippen MR) is 77.7 cm³/mol. The van der Waals surface area contributed by atoms with E-state index in [1.54, 1.807) is 18.2 Å². The number of para-hydroxylation sites is 1. The molecule has 23 heavy (non-hydrogen) atoms. The highest BCUT2D eigenvalue weighted by molar-refractivity contribution is 6.04. The molecule has 0 saturated heterocycles. The van der Waals surface area contributed by atoms with Crippen LogP contribution in [-0.2, 0) is 6.54 Å². The molecule has 0 spiro atoms. The first-order valence-corrected chi connectivity index (χ1v) is 7.11. The van der Waals surface area contributed by atoms with E-state index in [0.29, 0.717) is 30.0 Å². The van der Waals surface area contributed by atoms with Gasteiger partial charge < -0.3 is 15.2 Å². The fraction of sp³-hybridized carbons (Fsp3) is 0.333. The van der Waals surface area contributed by atoms with Crippen LogP contribution < -0.4 is 10.1 Å². The van der Waals surface area contributed by atoms with E-state index >= 15 is 0 Å². The fourth-order valence-corrected chi connectivity index (χ4v) is 2.49. The van der Waals surface area contributed by atoms with Crippen molar-refractivity contribution in [1.29, 1.82) is 0 Å². The summed E-state index contributed by atoms with van der Waals surface area (Å²) in [6, 6.07) is 6.39. The van der Waals surface area contributed by atoms with Gasteiger partial charge in [0, 0.05) is 18.2 Å². The number of anilines is 1. The lowest BCUT2D eigenvalue weighted by Gasteiger charge is -2.24. The number of rotatable bonds is 4. The quantitative estimate of drug-likeness (QED) is 0.904. The monoisotopic (exact) mass is 323 g/mol. The topological polar surface area (TPSA) is 76.4 Å². The molecule has 0 bridgehead atoms. The van der Waals surface area contributed by atoms with Gasteiger partial charge >= 0.3 is 0 Å². The average Bonchev–Trinajstić information content (AvgIpc) is 2.96. The highest BCUT2D eigenvalue weighted by atomic mass is 19.3. The Balaban J connectivity index is 1.84. The van der Waals surface area contributed by atoms with Crippen LogP contribution >= 0.6 is 0 Å². The number of fused-ring (bicyclic) bond motifs is 1. The van der Waals surface area contributed by atoms with Crippen molar-refractivity contribution in [3.63, 3.8) is 0 Å². The van der Waals surface area contributed by atoms with Gasteiger partial charge in [-0.1, -0.05) is 12.1 Å². The standard InChI is InChI=1S/C15H15F2N3O3/c16-13(17)8-20-11(4-6-18-20)15(22)19-10-3-1-2-9-12(21)5-7-23-14(9)10/h1-4,6,12-13,21H,5,7-8H2,(H,19,22)/t12-/m0/s1. The molecule has 6 nitrogen and oxygen atoms in total. The van der Waals surface area contributed by atoms with Crippen molar-refractivity contribution < 1.29 is 23.4 Å². The lowest BCUT2D eigenvalue weighted by atomic mass is 10.0. The molecule has 2 aromatic rings. The maximum atomic E-state index is 12.5. The molecule has 8 heteroatoms. The van der Waals surface area contributed by atoms with Gasteiger partial charge in [0.15, 0.2) is 0 Å². The molecule has 3 rings (SSSR count). The Hall–Kier alpha value is -2.48. The molecular weight excluding hydrogens is 308 g/mol. The van der Waals surface area contributed by atoms with Crippen LogP contribution in [0.15, 0.2) is 30.5 Å². The SMILES string of the molecule is O=C(Nc1cccc2c1OCC[C@@H]2O)c1ccnn1CC(F)F. The molecule has 1 aliphatic heterocycles. The summed E-state index contributed by atoms with van der Waals surface area (Å²) in [7, 11) is 0. The minimum Gasteiger partial charge on any atom is -0.491 e. The molecule has 0 saturated carbocycles. The van der Waals surface area contributed by atoms with E-state index in [1.807, 2.05) is 0 Å². The van der Waals surface area contributed by atoms with Gasteiger partial charge in [-0.2, -0.15) is 5.10 Å². The van der Waals surface area contributed by atoms with E-state index in [4.69, 9.17) is 4.74 Å². The maximum Gasteiger partial charge on any atom is 0.274 e. The Kier molecular flexibility index (Phi) is 4.24. The smallest absolute Gasteiger partial charge is 0.274 e. The fourth-order valence-electron chi connectivity index (χ4n) is 2.49. The average molecular weight is 323 g/mol. The van der Waals surface area contributed by atoms with Gasteiger partial charge in [-0.05, 0) is 12.1 Å². The Morgan fingerprint density at radius 3 is 3.09 bits per heavy atom. The van der Waals surface area contributed by atoms with E-state index in [1.165, 1.54) is 12.3 Å². The Morgan fingerprint density at radius 1 is 1.48 bits per heavy atom. The van der Waals surface area contributed by atoms with Crippen molar-refractivity contribution in [1.82, 2.24) is 9.78 Å². The van der Waals surface area contributed by atoms with Crippen molar-refractivity contribution in [3.05, 3.63) is 41.7 Å². The number of carbonyl (C=O) groups excluding carboxylic acids is 1. The number of halogens is 2. The van der Waals surface area contributed by atoms with Crippen LogP contribution in [0.3, 0.4) is 0 Å². The first-order chi connectivity index (χ1) is 11.1. The van der Waals surface area contributed by atoms with Crippen LogP contribution in [0.1, 0.15) is 28.6 Å². The number of hydrogen-bond acceptors (Lipinski definition) is 4. The van der Waals surface area contributed by atoms with Crippen LogP contribution in [0.2, 0.25) is 0 Å². The number of aliphatic hydroxyl groups excluding tert-OH is 1. The predicted octanol–water partition coefficient (Wildman–Crippen LogP) is 2.22. The van der Waals surface area contributed by atoms with E-state index in [0.717, 1.165) is 4.68 Å². The van der Waals surface area contributed by atoms with Gasteiger partial charge in [-0.3, -0.25) is 9.48 Å². The third-order valence-corrected chi connectivity index (χ3v) is 3.55. The zero-order chi connectivity index (χ0) is 16.4. The molecule has 1 aromatic carbocycles. The third kappa shape index (κ3) is 3.16. The van der Waals surface area contributed by atoms with E-state index in [9.17, 15) is 18.7 Å². The number of aromatic nitrogens is 2. The molecule has 2 heterocycles. The van der Waals surface area contributed by atoms with Gasteiger partial charge in [0.1, 0.15) is 18.0 Å². The van der Waals surface area contributed by atoms with Gasteiger partial charge in [0.25, 0.3) is 12.3 Å². The maximum absolute atomic E-state index is 12.5. The second kappa shape index (κ2) is 6.33. The van der Waals surface area contributed by atoms with Gasteiger partial charge in [-0.15, -0.1) is 0 Å². The molecule has 0 radical (unpaired) electrons. The number of benzene rings is 1. The number of carbonyl (C=O) groups is 1. The molecule has 2 N–H and O–H groups in total. The molecule has 0 fully saturated rings. The summed E-state index contributed by atoms with van der Waals surface area (Å²) in [4.78, 5) is 12.3. The minimum atomic E-state index is -2.61.